The summed E-state index contributed by atoms with van der Waals surface area (Å²) in [6, 6.07) is 13.1. The molecule has 1 atom stereocenters. The molecule has 0 amide bonds. The Bertz CT molecular complexity index is 1570. The number of halogens is 2. The summed E-state index contributed by atoms with van der Waals surface area (Å²) in [6.07, 6.45) is 5.09. The van der Waals surface area contributed by atoms with Crippen molar-refractivity contribution in [2.75, 3.05) is 0 Å². The van der Waals surface area contributed by atoms with Gasteiger partial charge in [-0.15, -0.1) is 5.10 Å². The summed E-state index contributed by atoms with van der Waals surface area (Å²) in [5.74, 6) is -0.152. The van der Waals surface area contributed by atoms with Crippen molar-refractivity contribution >= 4 is 11.6 Å². The predicted molar refractivity (Wildman–Crippen MR) is 124 cm³/mol. The quantitative estimate of drug-likeness (QED) is 0.295. The van der Waals surface area contributed by atoms with Crippen molar-refractivity contribution in [3.8, 4) is 28.1 Å². The summed E-state index contributed by atoms with van der Waals surface area (Å²) >= 11 is 6.25. The second-order valence-electron chi connectivity index (χ2n) is 8.36. The molecule has 11 heteroatoms. The molecule has 0 saturated heterocycles. The zero-order chi connectivity index (χ0) is 24.2. The molecule has 1 aliphatic carbocycles. The average Bonchev–Trinajstić information content (AvgIpc) is 3.60. The summed E-state index contributed by atoms with van der Waals surface area (Å²) in [6.45, 7) is 0. The number of benzene rings is 2. The number of aliphatic hydroxyl groups is 1. The molecule has 6 rings (SSSR count). The Labute approximate surface area is 203 Å². The van der Waals surface area contributed by atoms with E-state index in [-0.39, 0.29) is 23.8 Å². The lowest BCUT2D eigenvalue weighted by molar-refractivity contribution is -0.620. The minimum absolute atomic E-state index is 0.201. The van der Waals surface area contributed by atoms with E-state index >= 15 is 0 Å². The van der Waals surface area contributed by atoms with E-state index < -0.39 is 5.60 Å². The maximum Gasteiger partial charge on any atom is 0.235 e. The van der Waals surface area contributed by atoms with Gasteiger partial charge in [-0.25, -0.2) is 9.37 Å². The van der Waals surface area contributed by atoms with Crippen molar-refractivity contribution in [3.05, 3.63) is 100 Å². The third-order valence-corrected chi connectivity index (χ3v) is 6.46. The van der Waals surface area contributed by atoms with Crippen LogP contribution in [0.2, 0.25) is 5.02 Å². The Balaban J connectivity index is 1.43. The first-order chi connectivity index (χ1) is 16.9. The zero-order valence-electron chi connectivity index (χ0n) is 18.1. The number of nitrogens with one attached hydrogen (secondary N) is 1. The number of rotatable bonds is 4. The van der Waals surface area contributed by atoms with Crippen molar-refractivity contribution in [2.45, 2.75) is 18.4 Å². The standard InChI is InChI=1S/C24H17ClFN7O2/c25-17-4-5-21(32-13-28-30-31-32)19(10-17)16-8-15-6-7-24(34,22(15)33(35)12-16)23-27-11-20(29-23)14-2-1-3-18(26)9-14/h1-5,8-13,34H,6-7H2,(H,27,29). The summed E-state index contributed by atoms with van der Waals surface area (Å²) < 4.78 is 15.8. The first-order valence-corrected chi connectivity index (χ1v) is 11.1. The number of aryl methyl sites for hydroxylation is 1. The van der Waals surface area contributed by atoms with Gasteiger partial charge in [0, 0.05) is 27.3 Å². The number of pyridine rings is 1. The van der Waals surface area contributed by atoms with Gasteiger partial charge in [-0.2, -0.15) is 9.41 Å². The van der Waals surface area contributed by atoms with Crippen LogP contribution in [0.5, 0.6) is 0 Å². The third-order valence-electron chi connectivity index (χ3n) is 6.23. The Morgan fingerprint density at radius 1 is 1.17 bits per heavy atom. The number of aromatic nitrogens is 7. The van der Waals surface area contributed by atoms with E-state index in [1.54, 1.807) is 30.3 Å². The number of H-pyrrole nitrogens is 1. The van der Waals surface area contributed by atoms with Gasteiger partial charge in [0.05, 0.1) is 17.6 Å². The molecule has 3 heterocycles. The SMILES string of the molecule is [O-][n+]1cc(-c2cc(Cl)ccc2-n2cnnn2)cc2c1C(O)(c1ncc(-c3cccc(F)c3)[nH]1)CC2. The molecule has 0 fully saturated rings. The van der Waals surface area contributed by atoms with Crippen molar-refractivity contribution < 1.29 is 14.2 Å². The number of fused-ring (bicyclic) bond motifs is 1. The Kier molecular flexibility index (Phi) is 4.87. The molecule has 0 aliphatic heterocycles. The lowest BCUT2D eigenvalue weighted by Crippen LogP contribution is -2.42. The summed E-state index contributed by atoms with van der Waals surface area (Å²) in [4.78, 5) is 7.40. The number of aromatic amines is 1. The highest BCUT2D eigenvalue weighted by Gasteiger charge is 2.48. The molecule has 174 valence electrons. The zero-order valence-corrected chi connectivity index (χ0v) is 18.8. The van der Waals surface area contributed by atoms with Crippen molar-refractivity contribution in [1.82, 2.24) is 30.2 Å². The molecule has 3 aromatic heterocycles. The van der Waals surface area contributed by atoms with Gasteiger partial charge in [0.25, 0.3) is 0 Å². The molecular formula is C24H17ClFN7O2. The van der Waals surface area contributed by atoms with Crippen LogP contribution in [-0.2, 0) is 12.0 Å². The molecule has 0 bridgehead atoms. The fraction of sp³-hybridized carbons (Fsp3) is 0.125. The fourth-order valence-corrected chi connectivity index (χ4v) is 4.79. The molecule has 0 saturated carbocycles. The van der Waals surface area contributed by atoms with Crippen LogP contribution in [0.4, 0.5) is 4.39 Å². The molecule has 2 N–H and O–H groups in total. The van der Waals surface area contributed by atoms with E-state index in [1.807, 2.05) is 6.07 Å². The van der Waals surface area contributed by atoms with E-state index in [1.165, 1.54) is 35.5 Å². The summed E-state index contributed by atoms with van der Waals surface area (Å²) in [5, 5.41) is 36.7. The van der Waals surface area contributed by atoms with E-state index in [4.69, 9.17) is 11.6 Å². The molecule has 1 aliphatic rings. The van der Waals surface area contributed by atoms with Crippen LogP contribution in [0.3, 0.4) is 0 Å². The highest BCUT2D eigenvalue weighted by Crippen LogP contribution is 2.41. The van der Waals surface area contributed by atoms with Gasteiger partial charge < -0.3 is 15.3 Å². The minimum atomic E-state index is -1.62. The van der Waals surface area contributed by atoms with Crippen molar-refractivity contribution in [3.63, 3.8) is 0 Å². The van der Waals surface area contributed by atoms with Crippen LogP contribution in [0.1, 0.15) is 23.5 Å². The molecule has 5 aromatic rings. The minimum Gasteiger partial charge on any atom is -0.618 e. The second-order valence-corrected chi connectivity index (χ2v) is 8.80. The average molecular weight is 490 g/mol. The van der Waals surface area contributed by atoms with Gasteiger partial charge >= 0.3 is 0 Å². The first-order valence-electron chi connectivity index (χ1n) is 10.8. The fourth-order valence-electron chi connectivity index (χ4n) is 4.62. The number of hydrogen-bond acceptors (Lipinski definition) is 6. The molecule has 1 unspecified atom stereocenters. The maximum atomic E-state index is 13.7. The van der Waals surface area contributed by atoms with E-state index in [2.05, 4.69) is 25.5 Å². The summed E-state index contributed by atoms with van der Waals surface area (Å²) in [7, 11) is 0. The topological polar surface area (TPSA) is 119 Å². The Hall–Kier alpha value is -4.15. The lowest BCUT2D eigenvalue weighted by Gasteiger charge is -2.20. The number of imidazole rings is 1. The van der Waals surface area contributed by atoms with Gasteiger partial charge in [-0.1, -0.05) is 23.7 Å². The van der Waals surface area contributed by atoms with Crippen LogP contribution < -0.4 is 4.73 Å². The number of hydrogen-bond donors (Lipinski definition) is 2. The number of nitrogens with zero attached hydrogens (tertiary/aromatic N) is 6. The van der Waals surface area contributed by atoms with E-state index in [9.17, 15) is 14.7 Å². The smallest absolute Gasteiger partial charge is 0.235 e. The summed E-state index contributed by atoms with van der Waals surface area (Å²) in [5.41, 5.74) is 2.33. The lowest BCUT2D eigenvalue weighted by atomic mass is 9.98. The molecule has 0 radical (unpaired) electrons. The van der Waals surface area contributed by atoms with Crippen LogP contribution in [-0.4, -0.2) is 35.3 Å². The van der Waals surface area contributed by atoms with Crippen LogP contribution in [0.25, 0.3) is 28.1 Å². The predicted octanol–water partition coefficient (Wildman–Crippen LogP) is 3.33. The molecule has 9 nitrogen and oxygen atoms in total. The van der Waals surface area contributed by atoms with E-state index in [0.29, 0.717) is 49.8 Å². The van der Waals surface area contributed by atoms with Gasteiger partial charge in [-0.3, -0.25) is 0 Å². The normalized spacial score (nSPS) is 17.0. The Morgan fingerprint density at radius 3 is 2.86 bits per heavy atom. The monoisotopic (exact) mass is 489 g/mol. The van der Waals surface area contributed by atoms with Crippen LogP contribution >= 0.6 is 11.6 Å². The van der Waals surface area contributed by atoms with E-state index in [0.717, 1.165) is 0 Å². The highest BCUT2D eigenvalue weighted by atomic mass is 35.5. The van der Waals surface area contributed by atoms with Crippen molar-refractivity contribution in [2.24, 2.45) is 0 Å². The van der Waals surface area contributed by atoms with Crippen LogP contribution in [0, 0.1) is 11.0 Å². The molecular weight excluding hydrogens is 473 g/mol. The third kappa shape index (κ3) is 3.54. The van der Waals surface area contributed by atoms with Gasteiger partial charge in [0.15, 0.2) is 6.20 Å². The second kappa shape index (κ2) is 7.97. The van der Waals surface area contributed by atoms with Crippen LogP contribution in [0.15, 0.2) is 67.3 Å². The largest absolute Gasteiger partial charge is 0.618 e. The first kappa shape index (κ1) is 21.4. The maximum absolute atomic E-state index is 13.7. The molecule has 2 aromatic carbocycles. The highest BCUT2D eigenvalue weighted by molar-refractivity contribution is 6.31. The van der Waals surface area contributed by atoms with Gasteiger partial charge in [-0.05, 0) is 59.7 Å². The molecule has 0 spiro atoms. The molecule has 35 heavy (non-hydrogen) atoms. The number of tetrazole rings is 1. The van der Waals surface area contributed by atoms with Crippen molar-refractivity contribution in [1.29, 1.82) is 0 Å². The van der Waals surface area contributed by atoms with Gasteiger partial charge in [0.1, 0.15) is 18.0 Å². The Morgan fingerprint density at radius 2 is 2.06 bits per heavy atom. The van der Waals surface area contributed by atoms with Gasteiger partial charge in [0.2, 0.25) is 11.3 Å².